The second kappa shape index (κ2) is 7.87. The third-order valence-electron chi connectivity index (χ3n) is 6.08. The first-order chi connectivity index (χ1) is 13.6. The molecular weight excluding hydrogens is 355 g/mol. The van der Waals surface area contributed by atoms with E-state index in [1.807, 2.05) is 17.0 Å². The van der Waals surface area contributed by atoms with Gasteiger partial charge < -0.3 is 10.2 Å². The molecule has 2 saturated heterocycles. The van der Waals surface area contributed by atoms with Gasteiger partial charge in [0.1, 0.15) is 11.6 Å². The molecule has 6 heteroatoms. The summed E-state index contributed by atoms with van der Waals surface area (Å²) in [5.74, 6) is 0.638. The Morgan fingerprint density at radius 1 is 1.21 bits per heavy atom. The average Bonchev–Trinajstić information content (AvgIpc) is 3.12. The molecule has 1 spiro atoms. The maximum Gasteiger partial charge on any atom is 0.254 e. The molecule has 1 amide bonds. The number of benzene rings is 1. The summed E-state index contributed by atoms with van der Waals surface area (Å²) in [5.41, 5.74) is 1.55. The lowest BCUT2D eigenvalue weighted by atomic mass is 9.79. The van der Waals surface area contributed by atoms with Gasteiger partial charge in [-0.1, -0.05) is 18.2 Å². The fraction of sp³-hybridized carbons (Fsp3) is 0.455. The van der Waals surface area contributed by atoms with E-state index in [1.165, 1.54) is 6.07 Å². The van der Waals surface area contributed by atoms with Crippen molar-refractivity contribution in [2.75, 3.05) is 38.5 Å². The summed E-state index contributed by atoms with van der Waals surface area (Å²) in [6.45, 7) is 4.10. The Balaban J connectivity index is 1.43. The lowest BCUT2D eigenvalue weighted by Crippen LogP contribution is -2.45. The van der Waals surface area contributed by atoms with Crippen LogP contribution in [0.3, 0.4) is 0 Å². The number of nitrogens with zero attached hydrogens (tertiary/aromatic N) is 3. The number of anilines is 1. The minimum Gasteiger partial charge on any atom is -0.373 e. The van der Waals surface area contributed by atoms with E-state index >= 15 is 0 Å². The number of rotatable bonds is 4. The van der Waals surface area contributed by atoms with E-state index in [0.29, 0.717) is 17.9 Å². The van der Waals surface area contributed by atoms with Gasteiger partial charge in [-0.25, -0.2) is 9.37 Å². The summed E-state index contributed by atoms with van der Waals surface area (Å²) in [6.07, 6.45) is 4.90. The molecule has 28 heavy (non-hydrogen) atoms. The van der Waals surface area contributed by atoms with Gasteiger partial charge in [0.05, 0.1) is 0 Å². The largest absolute Gasteiger partial charge is 0.373 e. The third-order valence-corrected chi connectivity index (χ3v) is 6.08. The minimum absolute atomic E-state index is 0.0713. The molecule has 2 aromatic rings. The Morgan fingerprint density at radius 2 is 2.07 bits per heavy atom. The third kappa shape index (κ3) is 3.87. The van der Waals surface area contributed by atoms with E-state index < -0.39 is 0 Å². The van der Waals surface area contributed by atoms with Crippen molar-refractivity contribution >= 4 is 11.7 Å². The van der Waals surface area contributed by atoms with Crippen molar-refractivity contribution in [1.82, 2.24) is 14.8 Å². The molecule has 2 fully saturated rings. The molecule has 2 aliphatic heterocycles. The number of amides is 1. The number of nitrogens with one attached hydrogen (secondary N) is 1. The first-order valence-electron chi connectivity index (χ1n) is 9.97. The summed E-state index contributed by atoms with van der Waals surface area (Å²) in [7, 11) is 1.80. The van der Waals surface area contributed by atoms with Crippen molar-refractivity contribution in [3.63, 3.8) is 0 Å². The van der Waals surface area contributed by atoms with Crippen molar-refractivity contribution in [2.24, 2.45) is 5.41 Å². The van der Waals surface area contributed by atoms with Gasteiger partial charge >= 0.3 is 0 Å². The topological polar surface area (TPSA) is 48.5 Å². The number of aromatic nitrogens is 1. The highest BCUT2D eigenvalue weighted by Gasteiger charge is 2.42. The van der Waals surface area contributed by atoms with Gasteiger partial charge in [0.25, 0.3) is 5.91 Å². The van der Waals surface area contributed by atoms with E-state index in [2.05, 4.69) is 15.2 Å². The summed E-state index contributed by atoms with van der Waals surface area (Å²) >= 11 is 0. The SMILES string of the molecule is CNc1cc(C(=O)N2CCC3(CCCN(Cc4ccccc4F)C3)C2)ccn1. The summed E-state index contributed by atoms with van der Waals surface area (Å²) in [4.78, 5) is 21.5. The van der Waals surface area contributed by atoms with Crippen LogP contribution in [0.15, 0.2) is 42.6 Å². The molecule has 148 valence electrons. The molecule has 1 aromatic heterocycles. The normalized spacial score (nSPS) is 22.6. The van der Waals surface area contributed by atoms with Crippen molar-refractivity contribution in [3.8, 4) is 0 Å². The molecule has 5 nitrogen and oxygen atoms in total. The van der Waals surface area contributed by atoms with Crippen LogP contribution < -0.4 is 5.32 Å². The van der Waals surface area contributed by atoms with Gasteiger partial charge in [0, 0.05) is 56.0 Å². The highest BCUT2D eigenvalue weighted by Crippen LogP contribution is 2.40. The van der Waals surface area contributed by atoms with Gasteiger partial charge in [-0.05, 0) is 44.0 Å². The Labute approximate surface area is 165 Å². The van der Waals surface area contributed by atoms with Crippen molar-refractivity contribution in [2.45, 2.75) is 25.8 Å². The number of halogens is 1. The quantitative estimate of drug-likeness (QED) is 0.881. The van der Waals surface area contributed by atoms with E-state index in [0.717, 1.165) is 51.0 Å². The average molecular weight is 382 g/mol. The highest BCUT2D eigenvalue weighted by molar-refractivity contribution is 5.95. The van der Waals surface area contributed by atoms with Gasteiger partial charge in [0.2, 0.25) is 0 Å². The summed E-state index contributed by atoms with van der Waals surface area (Å²) < 4.78 is 14.0. The number of hydrogen-bond donors (Lipinski definition) is 1. The molecule has 0 bridgehead atoms. The number of carbonyl (C=O) groups excluding carboxylic acids is 1. The first kappa shape index (κ1) is 18.9. The van der Waals surface area contributed by atoms with Crippen LogP contribution in [0.1, 0.15) is 35.2 Å². The molecule has 1 atom stereocenters. The van der Waals surface area contributed by atoms with E-state index in [-0.39, 0.29) is 17.1 Å². The standard InChI is InChI=1S/C22H27FN4O/c1-24-20-13-17(7-10-25-20)21(28)27-12-9-22(16-27)8-4-11-26(15-22)14-18-5-2-3-6-19(18)23/h2-3,5-7,10,13H,4,8-9,11-12,14-16H2,1H3,(H,24,25). The lowest BCUT2D eigenvalue weighted by Gasteiger charge is -2.40. The van der Waals surface area contributed by atoms with Crippen LogP contribution >= 0.6 is 0 Å². The minimum atomic E-state index is -0.136. The van der Waals surface area contributed by atoms with Crippen LogP contribution in [0.2, 0.25) is 0 Å². The Hall–Kier alpha value is -2.47. The summed E-state index contributed by atoms with van der Waals surface area (Å²) in [5, 5.41) is 2.98. The zero-order chi connectivity index (χ0) is 19.6. The smallest absolute Gasteiger partial charge is 0.254 e. The van der Waals surface area contributed by atoms with E-state index in [9.17, 15) is 9.18 Å². The van der Waals surface area contributed by atoms with Crippen LogP contribution in [0.4, 0.5) is 10.2 Å². The molecule has 0 aliphatic carbocycles. The maximum absolute atomic E-state index is 14.0. The maximum atomic E-state index is 14.0. The second-order valence-corrected chi connectivity index (χ2v) is 8.06. The zero-order valence-corrected chi connectivity index (χ0v) is 16.3. The number of piperidine rings is 1. The molecule has 1 unspecified atom stereocenters. The Morgan fingerprint density at radius 3 is 2.89 bits per heavy atom. The molecule has 1 N–H and O–H groups in total. The van der Waals surface area contributed by atoms with Crippen LogP contribution in [0, 0.1) is 11.2 Å². The monoisotopic (exact) mass is 382 g/mol. The molecular formula is C22H27FN4O. The second-order valence-electron chi connectivity index (χ2n) is 8.06. The van der Waals surface area contributed by atoms with Gasteiger partial charge in [0.15, 0.2) is 0 Å². The van der Waals surface area contributed by atoms with Crippen molar-refractivity contribution in [1.29, 1.82) is 0 Å². The fourth-order valence-electron chi connectivity index (χ4n) is 4.64. The Bertz CT molecular complexity index is 858. The first-order valence-corrected chi connectivity index (χ1v) is 9.97. The molecule has 0 saturated carbocycles. The molecule has 2 aliphatic rings. The van der Waals surface area contributed by atoms with Crippen LogP contribution in [-0.2, 0) is 6.54 Å². The molecule has 0 radical (unpaired) electrons. The Kier molecular flexibility index (Phi) is 5.31. The fourth-order valence-corrected chi connectivity index (χ4v) is 4.64. The number of carbonyl (C=O) groups is 1. The van der Waals surface area contributed by atoms with Crippen molar-refractivity contribution < 1.29 is 9.18 Å². The van der Waals surface area contributed by atoms with Gasteiger partial charge in [-0.15, -0.1) is 0 Å². The predicted octanol–water partition coefficient (Wildman–Crippen LogP) is 3.39. The van der Waals surface area contributed by atoms with Gasteiger partial charge in [-0.2, -0.15) is 0 Å². The highest BCUT2D eigenvalue weighted by atomic mass is 19.1. The van der Waals surface area contributed by atoms with Crippen LogP contribution in [-0.4, -0.2) is 53.9 Å². The lowest BCUT2D eigenvalue weighted by molar-refractivity contribution is 0.0673. The number of hydrogen-bond acceptors (Lipinski definition) is 4. The number of likely N-dealkylation sites (tertiary alicyclic amines) is 2. The summed E-state index contributed by atoms with van der Waals surface area (Å²) in [6, 6.07) is 10.6. The molecule has 4 rings (SSSR count). The predicted molar refractivity (Wildman–Crippen MR) is 108 cm³/mol. The van der Waals surface area contributed by atoms with Gasteiger partial charge in [-0.3, -0.25) is 9.69 Å². The van der Waals surface area contributed by atoms with Crippen molar-refractivity contribution in [3.05, 3.63) is 59.5 Å². The molecule has 3 heterocycles. The molecule has 1 aromatic carbocycles. The van der Waals surface area contributed by atoms with Crippen LogP contribution in [0.5, 0.6) is 0 Å². The zero-order valence-electron chi connectivity index (χ0n) is 16.3. The number of pyridine rings is 1. The van der Waals surface area contributed by atoms with E-state index in [1.54, 1.807) is 31.4 Å². The van der Waals surface area contributed by atoms with Crippen LogP contribution in [0.25, 0.3) is 0 Å². The van der Waals surface area contributed by atoms with E-state index in [4.69, 9.17) is 0 Å².